The molecule has 2 unspecified atom stereocenters. The van der Waals surface area contributed by atoms with Gasteiger partial charge < -0.3 is 10.0 Å². The van der Waals surface area contributed by atoms with Gasteiger partial charge in [0.1, 0.15) is 0 Å². The van der Waals surface area contributed by atoms with E-state index in [0.29, 0.717) is 26.1 Å². The minimum atomic E-state index is -3.39. The van der Waals surface area contributed by atoms with Gasteiger partial charge in [-0.2, -0.15) is 17.0 Å². The summed E-state index contributed by atoms with van der Waals surface area (Å²) in [5.74, 6) is 0. The van der Waals surface area contributed by atoms with Crippen LogP contribution in [-0.4, -0.2) is 79.5 Å². The molecule has 2 saturated heterocycles. The summed E-state index contributed by atoms with van der Waals surface area (Å²) in [5.41, 5.74) is 0. The zero-order valence-electron chi connectivity index (χ0n) is 11.1. The Bertz CT molecular complexity index is 379. The van der Waals surface area contributed by atoms with Crippen molar-refractivity contribution in [2.45, 2.75) is 31.4 Å². The maximum atomic E-state index is 12.5. The van der Waals surface area contributed by atoms with Gasteiger partial charge >= 0.3 is 0 Å². The molecule has 0 aromatic rings. The fourth-order valence-corrected chi connectivity index (χ4v) is 4.71. The molecule has 0 aromatic heterocycles. The van der Waals surface area contributed by atoms with Gasteiger partial charge in [-0.05, 0) is 33.4 Å². The summed E-state index contributed by atoms with van der Waals surface area (Å²) in [6, 6.07) is -0.111. The van der Waals surface area contributed by atoms with Crippen LogP contribution in [0.2, 0.25) is 0 Å². The van der Waals surface area contributed by atoms with Crippen molar-refractivity contribution >= 4 is 10.2 Å². The number of β-amino-alcohol motifs (C(OH)–C–C–N with tert-alkyl or cyclic N) is 1. The number of rotatable bonds is 4. The molecule has 0 bridgehead atoms. The van der Waals surface area contributed by atoms with Crippen molar-refractivity contribution in [1.82, 2.24) is 13.5 Å². The average Bonchev–Trinajstić information content (AvgIpc) is 2.86. The Hall–Kier alpha value is -0.210. The van der Waals surface area contributed by atoms with Crippen LogP contribution in [0.4, 0.5) is 0 Å². The second-order valence-corrected chi connectivity index (χ2v) is 7.37. The van der Waals surface area contributed by atoms with Gasteiger partial charge in [0.05, 0.1) is 6.10 Å². The van der Waals surface area contributed by atoms with E-state index in [4.69, 9.17) is 0 Å². The molecule has 2 atom stereocenters. The molecule has 18 heavy (non-hydrogen) atoms. The first kappa shape index (κ1) is 14.2. The fourth-order valence-electron chi connectivity index (χ4n) is 2.80. The lowest BCUT2D eigenvalue weighted by atomic mass is 10.2. The van der Waals surface area contributed by atoms with Crippen LogP contribution in [0, 0.1) is 0 Å². The third-order valence-corrected chi connectivity index (χ3v) is 5.66. The van der Waals surface area contributed by atoms with Crippen molar-refractivity contribution in [2.75, 3.05) is 40.3 Å². The highest BCUT2D eigenvalue weighted by Gasteiger charge is 2.42. The summed E-state index contributed by atoms with van der Waals surface area (Å²) < 4.78 is 28.0. The quantitative estimate of drug-likeness (QED) is 0.740. The molecule has 106 valence electrons. The van der Waals surface area contributed by atoms with E-state index in [0.717, 1.165) is 12.8 Å². The van der Waals surface area contributed by atoms with E-state index in [2.05, 4.69) is 0 Å². The molecule has 6 nitrogen and oxygen atoms in total. The summed E-state index contributed by atoms with van der Waals surface area (Å²) in [4.78, 5) is 1.97. The van der Waals surface area contributed by atoms with Crippen LogP contribution >= 0.6 is 0 Å². The minimum absolute atomic E-state index is 0.111. The molecule has 0 saturated carbocycles. The van der Waals surface area contributed by atoms with E-state index in [1.807, 2.05) is 19.0 Å². The number of aliphatic hydroxyl groups excluding tert-OH is 1. The van der Waals surface area contributed by atoms with Crippen LogP contribution in [-0.2, 0) is 10.2 Å². The summed E-state index contributed by atoms with van der Waals surface area (Å²) in [6.07, 6.45) is 1.88. The van der Waals surface area contributed by atoms with E-state index < -0.39 is 16.3 Å². The Labute approximate surface area is 109 Å². The third-order valence-electron chi connectivity index (χ3n) is 3.61. The third kappa shape index (κ3) is 2.85. The average molecular weight is 277 g/mol. The van der Waals surface area contributed by atoms with Gasteiger partial charge in [-0.25, -0.2) is 0 Å². The van der Waals surface area contributed by atoms with E-state index in [1.165, 1.54) is 4.31 Å². The van der Waals surface area contributed by atoms with Gasteiger partial charge in [-0.3, -0.25) is 0 Å². The normalized spacial score (nSPS) is 31.6. The van der Waals surface area contributed by atoms with Gasteiger partial charge in [0, 0.05) is 32.2 Å². The highest BCUT2D eigenvalue weighted by atomic mass is 32.2. The number of hydrogen-bond acceptors (Lipinski definition) is 4. The maximum absolute atomic E-state index is 12.5. The van der Waals surface area contributed by atoms with Crippen molar-refractivity contribution in [1.29, 1.82) is 0 Å². The first-order chi connectivity index (χ1) is 8.41. The Kier molecular flexibility index (Phi) is 4.28. The topological polar surface area (TPSA) is 64.1 Å². The minimum Gasteiger partial charge on any atom is -0.392 e. The monoisotopic (exact) mass is 277 g/mol. The standard InChI is InChI=1S/C11H23N3O3S/c1-12(2)8-10-7-11(15)9-14(10)18(16,17)13-5-3-4-6-13/h10-11,15H,3-9H2,1-2H3. The van der Waals surface area contributed by atoms with Crippen LogP contribution in [0.25, 0.3) is 0 Å². The predicted octanol–water partition coefficient (Wildman–Crippen LogP) is -0.676. The van der Waals surface area contributed by atoms with Gasteiger partial charge in [0.2, 0.25) is 0 Å². The van der Waals surface area contributed by atoms with Crippen LogP contribution in [0.15, 0.2) is 0 Å². The molecule has 0 amide bonds. The lowest BCUT2D eigenvalue weighted by Crippen LogP contribution is -2.47. The molecular weight excluding hydrogens is 254 g/mol. The van der Waals surface area contributed by atoms with Crippen molar-refractivity contribution in [3.8, 4) is 0 Å². The first-order valence-electron chi connectivity index (χ1n) is 6.51. The van der Waals surface area contributed by atoms with Crippen molar-refractivity contribution in [3.05, 3.63) is 0 Å². The summed E-state index contributed by atoms with van der Waals surface area (Å²) in [5, 5.41) is 9.75. The van der Waals surface area contributed by atoms with Crippen LogP contribution in [0.1, 0.15) is 19.3 Å². The van der Waals surface area contributed by atoms with Gasteiger partial charge in [-0.1, -0.05) is 0 Å². The largest absolute Gasteiger partial charge is 0.392 e. The first-order valence-corrected chi connectivity index (χ1v) is 7.90. The smallest absolute Gasteiger partial charge is 0.282 e. The Morgan fingerprint density at radius 2 is 1.89 bits per heavy atom. The highest BCUT2D eigenvalue weighted by molar-refractivity contribution is 7.86. The van der Waals surface area contributed by atoms with Gasteiger partial charge in [0.25, 0.3) is 10.2 Å². The summed E-state index contributed by atoms with van der Waals surface area (Å²) >= 11 is 0. The molecule has 0 aliphatic carbocycles. The summed E-state index contributed by atoms with van der Waals surface area (Å²) in [6.45, 7) is 2.12. The second-order valence-electron chi connectivity index (χ2n) is 5.49. The van der Waals surface area contributed by atoms with Gasteiger partial charge in [-0.15, -0.1) is 0 Å². The van der Waals surface area contributed by atoms with E-state index in [-0.39, 0.29) is 12.6 Å². The Morgan fingerprint density at radius 1 is 1.28 bits per heavy atom. The lowest BCUT2D eigenvalue weighted by Gasteiger charge is -2.29. The molecule has 1 N–H and O–H groups in total. The van der Waals surface area contributed by atoms with Crippen LogP contribution < -0.4 is 0 Å². The maximum Gasteiger partial charge on any atom is 0.282 e. The Morgan fingerprint density at radius 3 is 2.44 bits per heavy atom. The molecular formula is C11H23N3O3S. The van der Waals surface area contributed by atoms with Gasteiger partial charge in [0.15, 0.2) is 0 Å². The molecule has 2 aliphatic heterocycles. The Balaban J connectivity index is 2.13. The molecule has 0 aromatic carbocycles. The molecule has 2 heterocycles. The number of nitrogens with zero attached hydrogens (tertiary/aromatic N) is 3. The fraction of sp³-hybridized carbons (Fsp3) is 1.00. The van der Waals surface area contributed by atoms with Crippen molar-refractivity contribution in [2.24, 2.45) is 0 Å². The summed E-state index contributed by atoms with van der Waals surface area (Å²) in [7, 11) is 0.458. The zero-order valence-corrected chi connectivity index (χ0v) is 11.9. The van der Waals surface area contributed by atoms with Crippen molar-refractivity contribution in [3.63, 3.8) is 0 Å². The predicted molar refractivity (Wildman–Crippen MR) is 69.4 cm³/mol. The van der Waals surface area contributed by atoms with Crippen molar-refractivity contribution < 1.29 is 13.5 Å². The number of hydrogen-bond donors (Lipinski definition) is 1. The van der Waals surface area contributed by atoms with Crippen LogP contribution in [0.5, 0.6) is 0 Å². The SMILES string of the molecule is CN(C)CC1CC(O)CN1S(=O)(=O)N1CCCC1. The zero-order chi connectivity index (χ0) is 13.3. The lowest BCUT2D eigenvalue weighted by molar-refractivity contribution is 0.187. The second kappa shape index (κ2) is 5.42. The molecule has 2 fully saturated rings. The highest BCUT2D eigenvalue weighted by Crippen LogP contribution is 2.26. The molecule has 0 radical (unpaired) electrons. The molecule has 2 rings (SSSR count). The molecule has 0 spiro atoms. The number of likely N-dealkylation sites (N-methyl/N-ethyl adjacent to an activating group) is 1. The number of aliphatic hydroxyl groups is 1. The van der Waals surface area contributed by atoms with Crippen LogP contribution in [0.3, 0.4) is 0 Å². The van der Waals surface area contributed by atoms with E-state index >= 15 is 0 Å². The van der Waals surface area contributed by atoms with E-state index in [9.17, 15) is 13.5 Å². The van der Waals surface area contributed by atoms with E-state index in [1.54, 1.807) is 4.31 Å². The molecule has 7 heteroatoms. The molecule has 2 aliphatic rings.